The predicted octanol–water partition coefficient (Wildman–Crippen LogP) is 1.86. The lowest BCUT2D eigenvalue weighted by Crippen LogP contribution is -2.10. The largest absolute Gasteiger partial charge is 0.470 e. The number of rotatable bonds is 3. The molecule has 0 aliphatic heterocycles. The van der Waals surface area contributed by atoms with Crippen molar-refractivity contribution in [3.05, 3.63) is 11.8 Å². The van der Waals surface area contributed by atoms with Crippen LogP contribution in [0, 0.1) is 5.92 Å². The van der Waals surface area contributed by atoms with Crippen LogP contribution in [0.1, 0.15) is 25.6 Å². The molecule has 0 saturated carbocycles. The van der Waals surface area contributed by atoms with E-state index >= 15 is 0 Å². The lowest BCUT2D eigenvalue weighted by atomic mass is 10.1. The molecule has 1 heterocycles. The number of hydrogen-bond acceptors (Lipinski definition) is 4. The normalized spacial score (nSPS) is 12.1. The quantitative estimate of drug-likeness (QED) is 0.783. The first-order chi connectivity index (χ1) is 6.80. The number of ketones is 1. The summed E-state index contributed by atoms with van der Waals surface area (Å²) < 4.78 is 40.3. The highest BCUT2D eigenvalue weighted by molar-refractivity contribution is 5.81. The summed E-state index contributed by atoms with van der Waals surface area (Å²) in [6, 6.07) is 0. The van der Waals surface area contributed by atoms with E-state index in [-0.39, 0.29) is 24.0 Å². The summed E-state index contributed by atoms with van der Waals surface area (Å²) in [6.45, 7) is 3.28. The molecule has 1 rings (SSSR count). The number of carbonyl (C=O) groups excluding carboxylic acids is 1. The van der Waals surface area contributed by atoms with Gasteiger partial charge in [0.05, 0.1) is 6.42 Å². The Morgan fingerprint density at radius 1 is 1.40 bits per heavy atom. The molecule has 7 heteroatoms. The average Bonchev–Trinajstić information content (AvgIpc) is 2.51. The fourth-order valence-corrected chi connectivity index (χ4v) is 0.793. The number of aromatic nitrogens is 2. The van der Waals surface area contributed by atoms with Crippen molar-refractivity contribution in [1.29, 1.82) is 0 Å². The number of alkyl halides is 3. The fraction of sp³-hybridized carbons (Fsp3) is 0.625. The van der Waals surface area contributed by atoms with Crippen LogP contribution in [0.4, 0.5) is 13.2 Å². The maximum absolute atomic E-state index is 12.0. The average molecular weight is 222 g/mol. The Hall–Kier alpha value is -1.40. The molecule has 4 nitrogen and oxygen atoms in total. The number of nitrogens with zero attached hydrogens (tertiary/aromatic N) is 2. The summed E-state index contributed by atoms with van der Waals surface area (Å²) in [5.74, 6) is -2.24. The molecule has 0 atom stereocenters. The van der Waals surface area contributed by atoms with E-state index in [9.17, 15) is 18.0 Å². The first-order valence-corrected chi connectivity index (χ1v) is 4.23. The van der Waals surface area contributed by atoms with Gasteiger partial charge in [0.1, 0.15) is 5.78 Å². The highest BCUT2D eigenvalue weighted by Gasteiger charge is 2.38. The Bertz CT molecular complexity index is 357. The van der Waals surface area contributed by atoms with Crippen LogP contribution in [0.15, 0.2) is 4.42 Å². The lowest BCUT2D eigenvalue weighted by Gasteiger charge is -2.00. The molecule has 0 aromatic carbocycles. The van der Waals surface area contributed by atoms with E-state index in [0.717, 1.165) is 0 Å². The molecule has 0 aliphatic carbocycles. The summed E-state index contributed by atoms with van der Waals surface area (Å²) in [6.07, 6.45) is -4.92. The predicted molar refractivity (Wildman–Crippen MR) is 42.8 cm³/mol. The molecule has 0 unspecified atom stereocenters. The van der Waals surface area contributed by atoms with Crippen LogP contribution in [0.3, 0.4) is 0 Å². The zero-order chi connectivity index (χ0) is 11.6. The highest BCUT2D eigenvalue weighted by Crippen LogP contribution is 2.27. The van der Waals surface area contributed by atoms with E-state index in [1.165, 1.54) is 0 Å². The van der Waals surface area contributed by atoms with E-state index in [0.29, 0.717) is 0 Å². The van der Waals surface area contributed by atoms with Crippen LogP contribution in [0.25, 0.3) is 0 Å². The summed E-state index contributed by atoms with van der Waals surface area (Å²) >= 11 is 0. The van der Waals surface area contributed by atoms with Crippen molar-refractivity contribution in [3.8, 4) is 0 Å². The van der Waals surface area contributed by atoms with Crippen LogP contribution in [-0.4, -0.2) is 16.0 Å². The molecule has 15 heavy (non-hydrogen) atoms. The summed E-state index contributed by atoms with van der Waals surface area (Å²) in [4.78, 5) is 11.2. The molecule has 0 spiro atoms. The summed E-state index contributed by atoms with van der Waals surface area (Å²) in [5, 5.41) is 5.95. The van der Waals surface area contributed by atoms with Gasteiger partial charge in [-0.2, -0.15) is 13.2 Å². The van der Waals surface area contributed by atoms with Crippen molar-refractivity contribution in [2.24, 2.45) is 5.92 Å². The number of Topliss-reactive ketones (excluding diaryl/α,β-unsaturated/α-hetero) is 1. The molecule has 0 bridgehead atoms. The zero-order valence-corrected chi connectivity index (χ0v) is 8.13. The number of carbonyl (C=O) groups is 1. The second-order valence-corrected chi connectivity index (χ2v) is 3.30. The monoisotopic (exact) mass is 222 g/mol. The Balaban J connectivity index is 2.73. The molecule has 0 fully saturated rings. The third-order valence-electron chi connectivity index (χ3n) is 1.68. The third-order valence-corrected chi connectivity index (χ3v) is 1.68. The molecular formula is C8H9F3N2O2. The Kier molecular flexibility index (Phi) is 3.11. The van der Waals surface area contributed by atoms with Crippen molar-refractivity contribution in [2.45, 2.75) is 26.4 Å². The smallest absolute Gasteiger partial charge is 0.417 e. The number of halogens is 3. The Labute approximate surface area is 83.5 Å². The van der Waals surface area contributed by atoms with Gasteiger partial charge in [0.15, 0.2) is 0 Å². The van der Waals surface area contributed by atoms with Crippen LogP contribution < -0.4 is 0 Å². The summed E-state index contributed by atoms with van der Waals surface area (Å²) in [5.41, 5.74) is 0. The minimum atomic E-state index is -4.66. The highest BCUT2D eigenvalue weighted by atomic mass is 19.4. The van der Waals surface area contributed by atoms with Gasteiger partial charge in [0.25, 0.3) is 0 Å². The Morgan fingerprint density at radius 3 is 2.40 bits per heavy atom. The molecule has 0 aliphatic rings. The van der Waals surface area contributed by atoms with E-state index in [2.05, 4.69) is 14.6 Å². The van der Waals surface area contributed by atoms with E-state index < -0.39 is 12.1 Å². The molecule has 0 saturated heterocycles. The SMILES string of the molecule is CC(C)C(=O)Cc1nnc(C(F)(F)F)o1. The van der Waals surface area contributed by atoms with Gasteiger partial charge < -0.3 is 4.42 Å². The van der Waals surface area contributed by atoms with Gasteiger partial charge >= 0.3 is 12.1 Å². The van der Waals surface area contributed by atoms with Crippen molar-refractivity contribution in [2.75, 3.05) is 0 Å². The van der Waals surface area contributed by atoms with Crippen molar-refractivity contribution in [1.82, 2.24) is 10.2 Å². The van der Waals surface area contributed by atoms with Crippen LogP contribution >= 0.6 is 0 Å². The first kappa shape index (κ1) is 11.7. The minimum absolute atomic E-state index is 0.243. The molecule has 1 aromatic heterocycles. The minimum Gasteiger partial charge on any atom is -0.417 e. The van der Waals surface area contributed by atoms with Gasteiger partial charge in [0, 0.05) is 5.92 Å². The summed E-state index contributed by atoms with van der Waals surface area (Å²) in [7, 11) is 0. The van der Waals surface area contributed by atoms with Crippen molar-refractivity contribution in [3.63, 3.8) is 0 Å². The topological polar surface area (TPSA) is 56.0 Å². The van der Waals surface area contributed by atoms with Crippen LogP contribution in [0.5, 0.6) is 0 Å². The van der Waals surface area contributed by atoms with Gasteiger partial charge in [-0.3, -0.25) is 4.79 Å². The van der Waals surface area contributed by atoms with Crippen LogP contribution in [-0.2, 0) is 17.4 Å². The molecule has 0 amide bonds. The molecule has 84 valence electrons. The molecule has 1 aromatic rings. The Morgan fingerprint density at radius 2 is 2.00 bits per heavy atom. The zero-order valence-electron chi connectivity index (χ0n) is 8.13. The second-order valence-electron chi connectivity index (χ2n) is 3.30. The maximum atomic E-state index is 12.0. The second kappa shape index (κ2) is 4.00. The van der Waals surface area contributed by atoms with E-state index in [1.807, 2.05) is 0 Å². The maximum Gasteiger partial charge on any atom is 0.470 e. The molecule has 0 radical (unpaired) electrons. The number of hydrogen-bond donors (Lipinski definition) is 0. The lowest BCUT2D eigenvalue weighted by molar-refractivity contribution is -0.157. The fourth-order valence-electron chi connectivity index (χ4n) is 0.793. The third kappa shape index (κ3) is 3.03. The van der Waals surface area contributed by atoms with E-state index in [4.69, 9.17) is 0 Å². The van der Waals surface area contributed by atoms with Gasteiger partial charge in [-0.1, -0.05) is 13.8 Å². The standard InChI is InChI=1S/C8H9F3N2O2/c1-4(2)5(14)3-6-12-13-7(15-6)8(9,10)11/h4H,3H2,1-2H3. The first-order valence-electron chi connectivity index (χ1n) is 4.23. The van der Waals surface area contributed by atoms with Gasteiger partial charge in [-0.15, -0.1) is 10.2 Å². The van der Waals surface area contributed by atoms with Crippen molar-refractivity contribution >= 4 is 5.78 Å². The van der Waals surface area contributed by atoms with Crippen LogP contribution in [0.2, 0.25) is 0 Å². The van der Waals surface area contributed by atoms with Gasteiger partial charge in [-0.05, 0) is 0 Å². The van der Waals surface area contributed by atoms with E-state index in [1.54, 1.807) is 13.8 Å². The molecule has 0 N–H and O–H groups in total. The van der Waals surface area contributed by atoms with Gasteiger partial charge in [0.2, 0.25) is 5.89 Å². The van der Waals surface area contributed by atoms with Gasteiger partial charge in [-0.25, -0.2) is 0 Å². The molecular weight excluding hydrogens is 213 g/mol. The van der Waals surface area contributed by atoms with Crippen molar-refractivity contribution < 1.29 is 22.4 Å².